The number of rotatable bonds is 1. The van der Waals surface area contributed by atoms with E-state index in [1.54, 1.807) is 0 Å². The summed E-state index contributed by atoms with van der Waals surface area (Å²) in [6.07, 6.45) is 0. The molecule has 2 heterocycles. The van der Waals surface area contributed by atoms with E-state index in [1.807, 2.05) is 42.5 Å². The van der Waals surface area contributed by atoms with Gasteiger partial charge in [0.15, 0.2) is 0 Å². The molecule has 0 aliphatic carbocycles. The Hall–Kier alpha value is -3.63. The van der Waals surface area contributed by atoms with Gasteiger partial charge < -0.3 is 9.32 Å². The van der Waals surface area contributed by atoms with Crippen LogP contribution in [0.4, 0.5) is 17.1 Å². The maximum Gasteiger partial charge on any atom is 0.200 e. The van der Waals surface area contributed by atoms with Crippen molar-refractivity contribution >= 4 is 57.4 Å². The molecule has 0 atom stereocenters. The molecule has 31 heavy (non-hydrogen) atoms. The topological polar surface area (TPSA) is 33.5 Å². The minimum absolute atomic E-state index is 0.0105. The van der Waals surface area contributed by atoms with Gasteiger partial charge in [-0.2, -0.15) is 0 Å². The Labute approximate surface area is 181 Å². The SMILES string of the molecule is C[Si]1(C)c2ccccc2N(c2ccc3c(=O)c4ccccc4oc3c2)c2ccccc21. The molecule has 0 saturated carbocycles. The molecular weight excluding hydrogens is 398 g/mol. The maximum atomic E-state index is 13.0. The van der Waals surface area contributed by atoms with Crippen molar-refractivity contribution in [2.45, 2.75) is 13.1 Å². The molecule has 1 aliphatic heterocycles. The Balaban J connectivity index is 1.65. The van der Waals surface area contributed by atoms with Crippen molar-refractivity contribution in [2.24, 2.45) is 0 Å². The first-order valence-corrected chi connectivity index (χ1v) is 13.5. The lowest BCUT2D eigenvalue weighted by atomic mass is 10.1. The van der Waals surface area contributed by atoms with Crippen molar-refractivity contribution in [3.8, 4) is 0 Å². The highest BCUT2D eigenvalue weighted by Gasteiger charge is 2.38. The second kappa shape index (κ2) is 6.43. The lowest BCUT2D eigenvalue weighted by Gasteiger charge is -2.40. The fraction of sp³-hybridized carbons (Fsp3) is 0.0741. The molecule has 0 N–H and O–H groups in total. The van der Waals surface area contributed by atoms with Crippen molar-refractivity contribution in [1.29, 1.82) is 0 Å². The summed E-state index contributed by atoms with van der Waals surface area (Å²) >= 11 is 0. The minimum atomic E-state index is -1.82. The van der Waals surface area contributed by atoms with Crippen LogP contribution in [0, 0.1) is 0 Å². The van der Waals surface area contributed by atoms with Crippen LogP contribution < -0.4 is 20.7 Å². The van der Waals surface area contributed by atoms with Gasteiger partial charge >= 0.3 is 0 Å². The molecule has 0 spiro atoms. The second-order valence-electron chi connectivity index (χ2n) is 8.60. The first kappa shape index (κ1) is 18.2. The number of nitrogens with zero attached hydrogens (tertiary/aromatic N) is 1. The normalized spacial score (nSPS) is 14.5. The highest BCUT2D eigenvalue weighted by molar-refractivity contribution is 7.02. The summed E-state index contributed by atoms with van der Waals surface area (Å²) in [7, 11) is -1.82. The van der Waals surface area contributed by atoms with Crippen LogP contribution in [-0.4, -0.2) is 8.07 Å². The van der Waals surface area contributed by atoms with Gasteiger partial charge in [-0.05, 0) is 46.8 Å². The van der Waals surface area contributed by atoms with Crippen LogP contribution in [0.2, 0.25) is 13.1 Å². The molecule has 1 aromatic heterocycles. The summed E-state index contributed by atoms with van der Waals surface area (Å²) in [5, 5.41) is 4.04. The van der Waals surface area contributed by atoms with Crippen LogP contribution in [0.1, 0.15) is 0 Å². The van der Waals surface area contributed by atoms with Gasteiger partial charge in [-0.3, -0.25) is 4.79 Å². The van der Waals surface area contributed by atoms with E-state index in [4.69, 9.17) is 4.42 Å². The van der Waals surface area contributed by atoms with Gasteiger partial charge in [0.05, 0.1) is 10.8 Å². The minimum Gasteiger partial charge on any atom is -0.456 e. The number of fused-ring (bicyclic) bond motifs is 4. The van der Waals surface area contributed by atoms with E-state index in [-0.39, 0.29) is 5.43 Å². The van der Waals surface area contributed by atoms with E-state index in [0.717, 1.165) is 5.69 Å². The fourth-order valence-corrected chi connectivity index (χ4v) is 7.86. The summed E-state index contributed by atoms with van der Waals surface area (Å²) in [6.45, 7) is 4.82. The largest absolute Gasteiger partial charge is 0.456 e. The molecule has 4 aromatic carbocycles. The first-order valence-electron chi connectivity index (χ1n) is 10.5. The van der Waals surface area contributed by atoms with Gasteiger partial charge in [0.1, 0.15) is 19.2 Å². The zero-order valence-corrected chi connectivity index (χ0v) is 18.4. The molecule has 0 radical (unpaired) electrons. The van der Waals surface area contributed by atoms with Crippen LogP contribution in [0.5, 0.6) is 0 Å². The second-order valence-corrected chi connectivity index (χ2v) is 12.9. The molecule has 1 aliphatic rings. The average Bonchev–Trinajstić information content (AvgIpc) is 2.79. The van der Waals surface area contributed by atoms with Crippen LogP contribution in [0.25, 0.3) is 21.9 Å². The Morgan fingerprint density at radius 1 is 0.677 bits per heavy atom. The Kier molecular flexibility index (Phi) is 3.77. The number of hydrogen-bond acceptors (Lipinski definition) is 3. The van der Waals surface area contributed by atoms with E-state index in [0.29, 0.717) is 21.9 Å². The van der Waals surface area contributed by atoms with Crippen molar-refractivity contribution in [3.63, 3.8) is 0 Å². The first-order chi connectivity index (χ1) is 15.1. The molecule has 0 saturated heterocycles. The van der Waals surface area contributed by atoms with E-state index in [1.165, 1.54) is 21.7 Å². The molecule has 3 nitrogen and oxygen atoms in total. The van der Waals surface area contributed by atoms with E-state index in [2.05, 4.69) is 66.5 Å². The average molecular weight is 420 g/mol. The number of anilines is 3. The number of benzene rings is 4. The van der Waals surface area contributed by atoms with Gasteiger partial charge in [0, 0.05) is 23.1 Å². The molecule has 0 unspecified atom stereocenters. The lowest BCUT2D eigenvalue weighted by Crippen LogP contribution is -2.58. The fourth-order valence-electron chi connectivity index (χ4n) is 4.88. The van der Waals surface area contributed by atoms with Crippen molar-refractivity contribution in [2.75, 3.05) is 4.90 Å². The van der Waals surface area contributed by atoms with Crippen LogP contribution in [0.15, 0.2) is 100 Å². The molecule has 150 valence electrons. The third kappa shape index (κ3) is 2.55. The summed E-state index contributed by atoms with van der Waals surface area (Å²) in [6, 6.07) is 30.7. The van der Waals surface area contributed by atoms with Crippen LogP contribution >= 0.6 is 0 Å². The Morgan fingerprint density at radius 2 is 1.26 bits per heavy atom. The molecule has 5 aromatic rings. The predicted octanol–water partition coefficient (Wildman–Crippen LogP) is 5.55. The van der Waals surface area contributed by atoms with Crippen molar-refractivity contribution in [1.82, 2.24) is 0 Å². The van der Waals surface area contributed by atoms with Gasteiger partial charge in [-0.15, -0.1) is 0 Å². The van der Waals surface area contributed by atoms with Gasteiger partial charge in [-0.25, -0.2) is 0 Å². The summed E-state index contributed by atoms with van der Waals surface area (Å²) in [5.74, 6) is 0. The smallest absolute Gasteiger partial charge is 0.200 e. The number of para-hydroxylation sites is 3. The van der Waals surface area contributed by atoms with E-state index < -0.39 is 8.07 Å². The zero-order chi connectivity index (χ0) is 21.2. The predicted molar refractivity (Wildman–Crippen MR) is 131 cm³/mol. The highest BCUT2D eigenvalue weighted by Crippen LogP contribution is 2.39. The summed E-state index contributed by atoms with van der Waals surface area (Å²) in [5.41, 5.74) is 4.65. The highest BCUT2D eigenvalue weighted by atomic mass is 28.3. The molecule has 4 heteroatoms. The lowest BCUT2D eigenvalue weighted by molar-refractivity contribution is 0.660. The zero-order valence-electron chi connectivity index (χ0n) is 17.4. The van der Waals surface area contributed by atoms with Crippen LogP contribution in [0.3, 0.4) is 0 Å². The molecule has 0 bridgehead atoms. The van der Waals surface area contributed by atoms with Gasteiger partial charge in [-0.1, -0.05) is 61.6 Å². The van der Waals surface area contributed by atoms with E-state index >= 15 is 0 Å². The molecule has 0 amide bonds. The standard InChI is InChI=1S/C27H21NO2Si/c1-31(2)25-13-7-4-10-21(25)28(22-11-5-8-14-26(22)31)18-15-16-20-24(17-18)30-23-12-6-3-9-19(23)27(20)29/h3-17H,1-2H3. The van der Waals surface area contributed by atoms with Gasteiger partial charge in [0.25, 0.3) is 0 Å². The Morgan fingerprint density at radius 3 is 1.97 bits per heavy atom. The van der Waals surface area contributed by atoms with E-state index in [9.17, 15) is 4.79 Å². The maximum absolute atomic E-state index is 13.0. The monoisotopic (exact) mass is 419 g/mol. The quantitative estimate of drug-likeness (QED) is 0.264. The third-order valence-corrected chi connectivity index (χ3v) is 10.00. The van der Waals surface area contributed by atoms with Crippen molar-refractivity contribution in [3.05, 3.63) is 101 Å². The summed E-state index contributed by atoms with van der Waals surface area (Å²) < 4.78 is 6.16. The molecule has 6 rings (SSSR count). The Bertz CT molecular complexity index is 1500. The van der Waals surface area contributed by atoms with Crippen LogP contribution in [-0.2, 0) is 0 Å². The van der Waals surface area contributed by atoms with Gasteiger partial charge in [0.2, 0.25) is 5.43 Å². The molecular formula is C27H21NO2Si. The third-order valence-electron chi connectivity index (χ3n) is 6.46. The molecule has 0 fully saturated rings. The van der Waals surface area contributed by atoms with Crippen molar-refractivity contribution < 1.29 is 4.42 Å². The summed E-state index contributed by atoms with van der Waals surface area (Å²) in [4.78, 5) is 15.3. The number of hydrogen-bond donors (Lipinski definition) is 0.